The standard InChI is InChI=1S/C28H29F3N2O3/c1-17(19-8-6-18(7-9-19)15-33-23(16-34)20-4-3-5-20)22-10-11-24(35-2)26(27(22)29)21-12-13-32-25(14-21)36-28(30)31/h6-14,17,28,33-34H,3-5,15-16H2,1-2H3/t17-/m0/s1. The van der Waals surface area contributed by atoms with Crippen molar-refractivity contribution in [2.75, 3.05) is 13.7 Å². The minimum absolute atomic E-state index is 0.0107. The third kappa shape index (κ3) is 5.65. The Labute approximate surface area is 208 Å². The van der Waals surface area contributed by atoms with Gasteiger partial charge in [0.1, 0.15) is 11.6 Å². The van der Waals surface area contributed by atoms with E-state index in [-0.39, 0.29) is 29.7 Å². The maximum Gasteiger partial charge on any atom is 0.388 e. The molecule has 0 saturated heterocycles. The number of nitrogens with one attached hydrogen (secondary N) is 1. The van der Waals surface area contributed by atoms with Crippen LogP contribution in [0.2, 0.25) is 0 Å². The molecule has 1 aliphatic rings. The summed E-state index contributed by atoms with van der Waals surface area (Å²) in [4.78, 5) is 3.77. The Balaban J connectivity index is 1.57. The molecule has 1 atom stereocenters. The van der Waals surface area contributed by atoms with Crippen molar-refractivity contribution in [3.05, 3.63) is 88.5 Å². The molecule has 0 bridgehead atoms. The van der Waals surface area contributed by atoms with E-state index >= 15 is 4.39 Å². The van der Waals surface area contributed by atoms with Gasteiger partial charge in [0.2, 0.25) is 5.88 Å². The van der Waals surface area contributed by atoms with Gasteiger partial charge in [-0.25, -0.2) is 9.37 Å². The normalized spacial score (nSPS) is 13.8. The average molecular weight is 499 g/mol. The maximum absolute atomic E-state index is 15.9. The molecule has 0 unspecified atom stereocenters. The van der Waals surface area contributed by atoms with Crippen molar-refractivity contribution in [1.82, 2.24) is 10.3 Å². The summed E-state index contributed by atoms with van der Waals surface area (Å²) in [7, 11) is 1.43. The maximum atomic E-state index is 15.9. The topological polar surface area (TPSA) is 63.6 Å². The Hall–Kier alpha value is -3.52. The third-order valence-electron chi connectivity index (χ3n) is 6.58. The fraction of sp³-hybridized carbons (Fsp3) is 0.321. The van der Waals surface area contributed by atoms with Crippen LogP contribution in [-0.4, -0.2) is 30.4 Å². The first-order valence-corrected chi connectivity index (χ1v) is 11.8. The monoisotopic (exact) mass is 498 g/mol. The molecule has 1 aromatic heterocycles. The first-order valence-electron chi connectivity index (χ1n) is 11.8. The summed E-state index contributed by atoms with van der Waals surface area (Å²) >= 11 is 0. The molecule has 2 N–H and O–H groups in total. The molecule has 3 aromatic rings. The summed E-state index contributed by atoms with van der Waals surface area (Å²) in [6.07, 6.45) is 4.53. The number of aliphatic hydroxyl groups is 1. The van der Waals surface area contributed by atoms with Gasteiger partial charge < -0.3 is 19.9 Å². The van der Waals surface area contributed by atoms with Crippen LogP contribution in [0.1, 0.15) is 48.8 Å². The van der Waals surface area contributed by atoms with Crippen LogP contribution < -0.4 is 14.8 Å². The highest BCUT2D eigenvalue weighted by Crippen LogP contribution is 2.39. The Morgan fingerprint density at radius 1 is 1.11 bits per heavy atom. The molecule has 0 spiro atoms. The van der Waals surface area contributed by atoms with Crippen molar-refractivity contribution < 1.29 is 27.8 Å². The zero-order valence-corrected chi connectivity index (χ0v) is 20.2. The van der Waals surface area contributed by atoms with E-state index in [9.17, 15) is 13.9 Å². The van der Waals surface area contributed by atoms with E-state index < -0.39 is 12.4 Å². The molecule has 1 heterocycles. The summed E-state index contributed by atoms with van der Waals surface area (Å²) in [5, 5.41) is 12.9. The third-order valence-corrected chi connectivity index (χ3v) is 6.58. The number of ether oxygens (including phenoxy) is 2. The molecule has 5 nitrogen and oxygen atoms in total. The number of nitrogens with zero attached hydrogens (tertiary/aromatic N) is 1. The molecule has 190 valence electrons. The Kier molecular flexibility index (Phi) is 8.15. The quantitative estimate of drug-likeness (QED) is 0.350. The summed E-state index contributed by atoms with van der Waals surface area (Å²) in [6, 6.07) is 14.0. The van der Waals surface area contributed by atoms with Gasteiger partial charge in [-0.05, 0) is 59.2 Å². The van der Waals surface area contributed by atoms with Crippen LogP contribution in [0.15, 0.2) is 66.0 Å². The minimum Gasteiger partial charge on any atom is -0.496 e. The molecule has 4 rings (SSSR count). The molecule has 0 aliphatic heterocycles. The van der Waals surface area contributed by atoms with Crippen LogP contribution in [0.3, 0.4) is 0 Å². The lowest BCUT2D eigenvalue weighted by atomic mass is 9.89. The predicted molar refractivity (Wildman–Crippen MR) is 132 cm³/mol. The first kappa shape index (κ1) is 25.6. The molecule has 1 fully saturated rings. The van der Waals surface area contributed by atoms with E-state index in [0.717, 1.165) is 29.7 Å². The SMILES string of the molecule is COc1ccc([C@@H](C)c2ccc(CNC(CO)=C3CCC3)cc2)c(F)c1-c1ccnc(OC(F)F)c1. The van der Waals surface area contributed by atoms with E-state index in [0.29, 0.717) is 17.7 Å². The fourth-order valence-electron chi connectivity index (χ4n) is 4.33. The van der Waals surface area contributed by atoms with Gasteiger partial charge in [0.15, 0.2) is 0 Å². The van der Waals surface area contributed by atoms with E-state index in [2.05, 4.69) is 15.0 Å². The number of hydrogen-bond donors (Lipinski definition) is 2. The molecular weight excluding hydrogens is 469 g/mol. The Morgan fingerprint density at radius 3 is 2.47 bits per heavy atom. The zero-order chi connectivity index (χ0) is 25.7. The molecule has 8 heteroatoms. The Morgan fingerprint density at radius 2 is 1.86 bits per heavy atom. The van der Waals surface area contributed by atoms with Crippen molar-refractivity contribution in [3.63, 3.8) is 0 Å². The second kappa shape index (κ2) is 11.5. The molecule has 1 aliphatic carbocycles. The lowest BCUT2D eigenvalue weighted by molar-refractivity contribution is -0.0528. The number of hydrogen-bond acceptors (Lipinski definition) is 5. The van der Waals surface area contributed by atoms with Gasteiger partial charge in [0.05, 0.1) is 19.3 Å². The van der Waals surface area contributed by atoms with E-state index in [1.807, 2.05) is 31.2 Å². The number of aliphatic hydroxyl groups excluding tert-OH is 1. The van der Waals surface area contributed by atoms with Crippen LogP contribution in [-0.2, 0) is 6.54 Å². The van der Waals surface area contributed by atoms with Gasteiger partial charge in [-0.15, -0.1) is 0 Å². The highest BCUT2D eigenvalue weighted by atomic mass is 19.3. The highest BCUT2D eigenvalue weighted by Gasteiger charge is 2.22. The van der Waals surface area contributed by atoms with Crippen LogP contribution in [0.25, 0.3) is 11.1 Å². The van der Waals surface area contributed by atoms with Crippen molar-refractivity contribution in [3.8, 4) is 22.8 Å². The predicted octanol–water partition coefficient (Wildman–Crippen LogP) is 6.17. The van der Waals surface area contributed by atoms with Crippen LogP contribution >= 0.6 is 0 Å². The molecule has 36 heavy (non-hydrogen) atoms. The lowest BCUT2D eigenvalue weighted by Gasteiger charge is -2.22. The first-order chi connectivity index (χ1) is 17.4. The smallest absolute Gasteiger partial charge is 0.388 e. The summed E-state index contributed by atoms with van der Waals surface area (Å²) in [5.41, 5.74) is 5.10. The fourth-order valence-corrected chi connectivity index (χ4v) is 4.33. The van der Waals surface area contributed by atoms with Gasteiger partial charge in [-0.1, -0.05) is 37.3 Å². The molecule has 2 aromatic carbocycles. The minimum atomic E-state index is -3.03. The molecule has 0 radical (unpaired) electrons. The lowest BCUT2D eigenvalue weighted by Crippen LogP contribution is -2.20. The molecule has 0 amide bonds. The molecule has 1 saturated carbocycles. The van der Waals surface area contributed by atoms with E-state index in [4.69, 9.17) is 4.74 Å². The zero-order valence-electron chi connectivity index (χ0n) is 20.2. The highest BCUT2D eigenvalue weighted by molar-refractivity contribution is 5.73. The van der Waals surface area contributed by atoms with E-state index in [1.54, 1.807) is 12.1 Å². The van der Waals surface area contributed by atoms with Gasteiger partial charge in [-0.3, -0.25) is 0 Å². The number of halogens is 3. The summed E-state index contributed by atoms with van der Waals surface area (Å²) in [6.45, 7) is -0.518. The Bertz CT molecular complexity index is 1220. The van der Waals surface area contributed by atoms with Gasteiger partial charge in [-0.2, -0.15) is 8.78 Å². The van der Waals surface area contributed by atoms with Crippen molar-refractivity contribution in [2.45, 2.75) is 45.3 Å². The van der Waals surface area contributed by atoms with Crippen LogP contribution in [0.5, 0.6) is 11.6 Å². The molecular formula is C28H29F3N2O3. The van der Waals surface area contributed by atoms with Crippen molar-refractivity contribution in [1.29, 1.82) is 0 Å². The number of aromatic nitrogens is 1. The number of methoxy groups -OCH3 is 1. The van der Waals surface area contributed by atoms with Crippen molar-refractivity contribution >= 4 is 0 Å². The number of allylic oxidation sites excluding steroid dienone is 1. The van der Waals surface area contributed by atoms with E-state index in [1.165, 1.54) is 37.4 Å². The van der Waals surface area contributed by atoms with Gasteiger partial charge in [0, 0.05) is 30.4 Å². The number of alkyl halides is 2. The average Bonchev–Trinajstić information content (AvgIpc) is 2.84. The number of pyridine rings is 1. The summed E-state index contributed by atoms with van der Waals surface area (Å²) < 4.78 is 50.9. The van der Waals surface area contributed by atoms with Crippen molar-refractivity contribution in [2.24, 2.45) is 0 Å². The largest absolute Gasteiger partial charge is 0.496 e. The van der Waals surface area contributed by atoms with Crippen LogP contribution in [0, 0.1) is 5.82 Å². The number of benzene rings is 2. The second-order valence-corrected chi connectivity index (χ2v) is 8.72. The van der Waals surface area contributed by atoms with Gasteiger partial charge >= 0.3 is 6.61 Å². The van der Waals surface area contributed by atoms with Gasteiger partial charge in [0.25, 0.3) is 0 Å². The summed E-state index contributed by atoms with van der Waals surface area (Å²) in [5.74, 6) is -0.801. The van der Waals surface area contributed by atoms with Crippen LogP contribution in [0.4, 0.5) is 13.2 Å². The second-order valence-electron chi connectivity index (χ2n) is 8.72. The number of rotatable bonds is 10.